The van der Waals surface area contributed by atoms with Crippen LogP contribution in [0.4, 0.5) is 10.5 Å². The number of halogens is 1. The Morgan fingerprint density at radius 1 is 0.774 bits per heavy atom. The van der Waals surface area contributed by atoms with Crippen molar-refractivity contribution >= 4 is 46.3 Å². The summed E-state index contributed by atoms with van der Waals surface area (Å²) < 4.78 is 41.0. The average Bonchev–Trinajstić information content (AvgIpc) is 3.71. The van der Waals surface area contributed by atoms with E-state index in [9.17, 15) is 14.7 Å². The molecule has 338 valence electrons. The SMILES string of the molecule is Cc1sc2c(c1C)C(c1ccc(Cl)cc1)=N[C@@H](CC(=O)Nc1ccc(OCCOCCOCCOCCOCCOCCOCCN(C(=O)O)C(C)(C)C)cc1)c1nnc(C)n1-2. The molecule has 1 aliphatic rings. The van der Waals surface area contributed by atoms with Crippen LogP contribution in [-0.4, -0.2) is 140 Å². The number of fused-ring (bicyclic) bond motifs is 3. The number of nitrogens with one attached hydrogen (secondary N) is 1. The number of anilines is 1. The van der Waals surface area contributed by atoms with E-state index in [-0.39, 0.29) is 12.3 Å². The van der Waals surface area contributed by atoms with Gasteiger partial charge in [-0.25, -0.2) is 4.79 Å². The minimum atomic E-state index is -0.961. The van der Waals surface area contributed by atoms with Gasteiger partial charge in [-0.1, -0.05) is 23.7 Å². The monoisotopic (exact) mass is 898 g/mol. The number of carbonyl (C=O) groups is 2. The van der Waals surface area contributed by atoms with Crippen molar-refractivity contribution in [1.29, 1.82) is 0 Å². The van der Waals surface area contributed by atoms with Crippen LogP contribution in [0.5, 0.6) is 5.75 Å². The first-order valence-electron chi connectivity index (χ1n) is 20.7. The van der Waals surface area contributed by atoms with Crippen LogP contribution in [-0.2, 0) is 33.2 Å². The highest BCUT2D eigenvalue weighted by atomic mass is 35.5. The van der Waals surface area contributed by atoms with Crippen LogP contribution in [0, 0.1) is 20.8 Å². The van der Waals surface area contributed by atoms with Gasteiger partial charge in [0.15, 0.2) is 5.82 Å². The molecule has 3 heterocycles. The van der Waals surface area contributed by atoms with Crippen LogP contribution in [0.1, 0.15) is 66.5 Å². The Balaban J connectivity index is 0.901. The first-order chi connectivity index (χ1) is 29.8. The number of aliphatic imine (C=N–C) groups is 1. The van der Waals surface area contributed by atoms with Gasteiger partial charge in [0.2, 0.25) is 5.91 Å². The summed E-state index contributed by atoms with van der Waals surface area (Å²) in [7, 11) is 0. The van der Waals surface area contributed by atoms with Gasteiger partial charge in [-0.2, -0.15) is 0 Å². The second kappa shape index (κ2) is 24.4. The van der Waals surface area contributed by atoms with Crippen molar-refractivity contribution in [3.05, 3.63) is 86.8 Å². The van der Waals surface area contributed by atoms with E-state index >= 15 is 0 Å². The zero-order chi connectivity index (χ0) is 44.5. The second-order valence-electron chi connectivity index (χ2n) is 15.3. The molecule has 0 fully saturated rings. The lowest BCUT2D eigenvalue weighted by molar-refractivity contribution is -0.116. The molecule has 1 atom stereocenters. The number of ether oxygens (including phenoxy) is 7. The van der Waals surface area contributed by atoms with E-state index in [0.717, 1.165) is 33.2 Å². The number of amides is 2. The maximum atomic E-state index is 13.5. The summed E-state index contributed by atoms with van der Waals surface area (Å²) in [6.07, 6.45) is -0.893. The number of hydrogen-bond donors (Lipinski definition) is 2. The zero-order valence-electron chi connectivity index (χ0n) is 36.4. The summed E-state index contributed by atoms with van der Waals surface area (Å²) in [4.78, 5) is 32.5. The Labute approximate surface area is 372 Å². The van der Waals surface area contributed by atoms with Crippen molar-refractivity contribution < 1.29 is 47.9 Å². The summed E-state index contributed by atoms with van der Waals surface area (Å²) in [5.74, 6) is 1.80. The maximum absolute atomic E-state index is 13.5. The Morgan fingerprint density at radius 2 is 1.31 bits per heavy atom. The molecule has 2 amide bonds. The highest BCUT2D eigenvalue weighted by Gasteiger charge is 2.32. The number of hydrogen-bond acceptors (Lipinski definition) is 13. The van der Waals surface area contributed by atoms with Crippen molar-refractivity contribution in [3.8, 4) is 10.8 Å². The normalized spacial score (nSPS) is 13.6. The van der Waals surface area contributed by atoms with E-state index in [4.69, 9.17) is 49.8 Å². The molecule has 2 aromatic heterocycles. The predicted molar refractivity (Wildman–Crippen MR) is 238 cm³/mol. The van der Waals surface area contributed by atoms with Gasteiger partial charge in [-0.15, -0.1) is 21.5 Å². The second-order valence-corrected chi connectivity index (χ2v) is 16.9. The summed E-state index contributed by atoms with van der Waals surface area (Å²) in [5.41, 5.74) is 4.01. The van der Waals surface area contributed by atoms with Crippen LogP contribution in [0.15, 0.2) is 53.5 Å². The molecule has 2 N–H and O–H groups in total. The van der Waals surface area contributed by atoms with Crippen molar-refractivity contribution in [3.63, 3.8) is 0 Å². The maximum Gasteiger partial charge on any atom is 0.407 e. The number of rotatable bonds is 26. The molecule has 1 aliphatic heterocycles. The minimum Gasteiger partial charge on any atom is -0.491 e. The highest BCUT2D eigenvalue weighted by molar-refractivity contribution is 7.15. The number of nitrogens with zero attached hydrogens (tertiary/aromatic N) is 5. The molecule has 0 unspecified atom stereocenters. The Bertz CT molecular complexity index is 2050. The van der Waals surface area contributed by atoms with E-state index < -0.39 is 17.7 Å². The molecule has 0 radical (unpaired) electrons. The van der Waals surface area contributed by atoms with Crippen LogP contribution in [0.2, 0.25) is 5.02 Å². The van der Waals surface area contributed by atoms with E-state index in [0.29, 0.717) is 115 Å². The third kappa shape index (κ3) is 14.6. The Hall–Kier alpha value is -4.46. The lowest BCUT2D eigenvalue weighted by atomic mass is 9.99. The summed E-state index contributed by atoms with van der Waals surface area (Å²) in [5, 5.41) is 22.8. The first-order valence-corrected chi connectivity index (χ1v) is 21.9. The third-order valence-electron chi connectivity index (χ3n) is 9.73. The molecule has 16 nitrogen and oxygen atoms in total. The van der Waals surface area contributed by atoms with Crippen LogP contribution >= 0.6 is 22.9 Å². The Morgan fingerprint density at radius 3 is 1.84 bits per heavy atom. The molecule has 62 heavy (non-hydrogen) atoms. The quantitative estimate of drug-likeness (QED) is 0.0613. The summed E-state index contributed by atoms with van der Waals surface area (Å²) >= 11 is 7.90. The molecule has 0 aliphatic carbocycles. The van der Waals surface area contributed by atoms with Crippen LogP contribution in [0.3, 0.4) is 0 Å². The first kappa shape index (κ1) is 48.6. The van der Waals surface area contributed by atoms with Gasteiger partial charge >= 0.3 is 6.09 Å². The van der Waals surface area contributed by atoms with Gasteiger partial charge in [-0.05, 0) is 83.5 Å². The third-order valence-corrected chi connectivity index (χ3v) is 11.2. The fraction of sp³-hybridized carbons (Fsp3) is 0.523. The summed E-state index contributed by atoms with van der Waals surface area (Å²) in [6.45, 7) is 17.3. The van der Waals surface area contributed by atoms with Gasteiger partial charge in [0.1, 0.15) is 29.2 Å². The molecule has 0 saturated heterocycles. The molecule has 18 heteroatoms. The van der Waals surface area contributed by atoms with Gasteiger partial charge in [0.05, 0.1) is 91.4 Å². The number of carbonyl (C=O) groups excluding carboxylic acids is 1. The molecular weight excluding hydrogens is 840 g/mol. The number of aryl methyl sites for hydroxylation is 2. The highest BCUT2D eigenvalue weighted by Crippen LogP contribution is 2.39. The number of thiophene rings is 1. The lowest BCUT2D eigenvalue weighted by Crippen LogP contribution is -2.46. The molecule has 0 saturated carbocycles. The predicted octanol–water partition coefficient (Wildman–Crippen LogP) is 7.09. The van der Waals surface area contributed by atoms with Gasteiger partial charge in [0.25, 0.3) is 0 Å². The van der Waals surface area contributed by atoms with Gasteiger partial charge in [-0.3, -0.25) is 14.4 Å². The van der Waals surface area contributed by atoms with Crippen molar-refractivity contribution in [2.75, 3.05) is 97.8 Å². The Kier molecular flexibility index (Phi) is 19.1. The molecule has 2 aromatic carbocycles. The topological polar surface area (TPSA) is 177 Å². The average molecular weight is 900 g/mol. The van der Waals surface area contributed by atoms with Crippen molar-refractivity contribution in [2.45, 2.75) is 59.5 Å². The zero-order valence-corrected chi connectivity index (χ0v) is 38.0. The van der Waals surface area contributed by atoms with E-state index in [2.05, 4.69) is 29.4 Å². The van der Waals surface area contributed by atoms with E-state index in [1.807, 2.05) is 56.5 Å². The smallest absolute Gasteiger partial charge is 0.407 e. The standard InChI is InChI=1S/C44H59ClN6O10S/c1-30-31(2)62-42-39(30)40(33-7-9-34(45)10-8-33)47-37(41-49-48-32(3)51(41)42)29-38(52)46-35-11-13-36(14-12-35)61-28-27-60-26-25-59-24-23-58-22-21-57-20-19-56-18-17-55-16-15-50(43(53)54)44(4,5)6/h7-14,37H,15-29H2,1-6H3,(H,46,52)(H,53,54)/t37-/m0/s1. The van der Waals surface area contributed by atoms with Crippen LogP contribution in [0.25, 0.3) is 5.00 Å². The van der Waals surface area contributed by atoms with Gasteiger partial charge < -0.3 is 48.5 Å². The molecule has 0 bridgehead atoms. The lowest BCUT2D eigenvalue weighted by Gasteiger charge is -2.32. The number of aromatic nitrogens is 3. The minimum absolute atomic E-state index is 0.0676. The fourth-order valence-corrected chi connectivity index (χ4v) is 7.79. The fourth-order valence-electron chi connectivity index (χ4n) is 6.45. The molecule has 5 rings (SSSR count). The van der Waals surface area contributed by atoms with Crippen molar-refractivity contribution in [1.82, 2.24) is 19.7 Å². The van der Waals surface area contributed by atoms with Gasteiger partial charge in [0, 0.05) is 38.8 Å². The number of benzene rings is 2. The number of carboxylic acid groups (broad SMARTS) is 1. The van der Waals surface area contributed by atoms with E-state index in [1.165, 1.54) is 9.78 Å². The van der Waals surface area contributed by atoms with E-state index in [1.54, 1.807) is 35.6 Å². The summed E-state index contributed by atoms with van der Waals surface area (Å²) in [6, 6.07) is 14.2. The van der Waals surface area contributed by atoms with Crippen molar-refractivity contribution in [2.24, 2.45) is 4.99 Å². The molecule has 0 spiro atoms. The van der Waals surface area contributed by atoms with Crippen LogP contribution < -0.4 is 10.1 Å². The molecule has 4 aromatic rings. The molecular formula is C44H59ClN6O10S. The largest absolute Gasteiger partial charge is 0.491 e.